The van der Waals surface area contributed by atoms with Gasteiger partial charge in [-0.15, -0.1) is 11.3 Å². The number of carbonyl (C=O) groups excluding carboxylic acids is 1. The second-order valence-corrected chi connectivity index (χ2v) is 8.12. The first kappa shape index (κ1) is 19.9. The van der Waals surface area contributed by atoms with Gasteiger partial charge in [-0.05, 0) is 37.1 Å². The lowest BCUT2D eigenvalue weighted by Crippen LogP contribution is -2.23. The zero-order valence-corrected chi connectivity index (χ0v) is 16.5. The second-order valence-electron chi connectivity index (χ2n) is 7.18. The second kappa shape index (κ2) is 7.86. The van der Waals surface area contributed by atoms with Crippen LogP contribution in [0.5, 0.6) is 5.75 Å². The molecule has 0 atom stereocenters. The number of ether oxygens (including phenoxy) is 1. The fraction of sp³-hybridized carbons (Fsp3) is 0.421. The smallest absolute Gasteiger partial charge is 0.341 e. The van der Waals surface area contributed by atoms with Crippen molar-refractivity contribution in [2.75, 3.05) is 6.61 Å². The monoisotopic (exact) mass is 376 g/mol. The minimum absolute atomic E-state index is 0.0151. The molecule has 26 heavy (non-hydrogen) atoms. The summed E-state index contributed by atoms with van der Waals surface area (Å²) in [6.07, 6.45) is 0. The van der Waals surface area contributed by atoms with E-state index in [0.29, 0.717) is 17.9 Å². The Morgan fingerprint density at radius 3 is 2.35 bits per heavy atom. The fourth-order valence-corrected chi connectivity index (χ4v) is 3.40. The van der Waals surface area contributed by atoms with Crippen molar-refractivity contribution in [2.45, 2.75) is 46.6 Å². The summed E-state index contributed by atoms with van der Waals surface area (Å²) in [6, 6.07) is 3.39. The normalized spacial score (nSPS) is 11.3. The Kier molecular flexibility index (Phi) is 6.02. The molecule has 1 heterocycles. The first-order valence-corrected chi connectivity index (χ1v) is 9.15. The van der Waals surface area contributed by atoms with Crippen LogP contribution in [0.3, 0.4) is 0 Å². The molecule has 0 saturated carbocycles. The highest BCUT2D eigenvalue weighted by molar-refractivity contribution is 7.09. The molecule has 0 unspecified atom stereocenters. The molecule has 1 amide bonds. The largest absolute Gasteiger partial charge is 0.481 e. The Hall–Kier alpha value is -2.41. The number of hydrogen-bond acceptors (Lipinski definition) is 5. The maximum atomic E-state index is 12.4. The lowest BCUT2D eigenvalue weighted by Gasteiger charge is -2.14. The van der Waals surface area contributed by atoms with E-state index in [0.717, 1.165) is 21.8 Å². The molecule has 6 nitrogen and oxygen atoms in total. The number of amides is 1. The third kappa shape index (κ3) is 5.05. The molecule has 0 aliphatic heterocycles. The van der Waals surface area contributed by atoms with Crippen LogP contribution in [-0.2, 0) is 16.8 Å². The molecule has 7 heteroatoms. The maximum Gasteiger partial charge on any atom is 0.341 e. The van der Waals surface area contributed by atoms with Crippen LogP contribution in [0.25, 0.3) is 0 Å². The highest BCUT2D eigenvalue weighted by Gasteiger charge is 2.18. The van der Waals surface area contributed by atoms with Crippen molar-refractivity contribution in [1.29, 1.82) is 0 Å². The third-order valence-corrected chi connectivity index (χ3v) is 4.63. The maximum absolute atomic E-state index is 12.4. The van der Waals surface area contributed by atoms with Crippen LogP contribution >= 0.6 is 11.3 Å². The van der Waals surface area contributed by atoms with Gasteiger partial charge < -0.3 is 15.2 Å². The minimum Gasteiger partial charge on any atom is -0.481 e. The van der Waals surface area contributed by atoms with Gasteiger partial charge in [0, 0.05) is 16.4 Å². The minimum atomic E-state index is -1.04. The Morgan fingerprint density at radius 1 is 1.23 bits per heavy atom. The summed E-state index contributed by atoms with van der Waals surface area (Å²) in [5, 5.41) is 14.5. The average Bonchev–Trinajstić information content (AvgIpc) is 3.00. The number of carboxylic acids is 1. The number of rotatable bonds is 6. The summed E-state index contributed by atoms with van der Waals surface area (Å²) in [6.45, 7) is 9.84. The number of aromatic nitrogens is 1. The van der Waals surface area contributed by atoms with E-state index in [1.54, 1.807) is 26.0 Å². The third-order valence-electron chi connectivity index (χ3n) is 3.78. The summed E-state index contributed by atoms with van der Waals surface area (Å²) in [7, 11) is 0. The summed E-state index contributed by atoms with van der Waals surface area (Å²) < 4.78 is 5.29. The summed E-state index contributed by atoms with van der Waals surface area (Å²) in [5.41, 5.74) is 2.95. The zero-order chi connectivity index (χ0) is 19.5. The molecule has 0 saturated heterocycles. The van der Waals surface area contributed by atoms with E-state index < -0.39 is 12.6 Å². The van der Waals surface area contributed by atoms with E-state index in [4.69, 9.17) is 9.84 Å². The van der Waals surface area contributed by atoms with Crippen LogP contribution in [0.15, 0.2) is 17.5 Å². The summed E-state index contributed by atoms with van der Waals surface area (Å²) in [4.78, 5) is 27.7. The fourth-order valence-electron chi connectivity index (χ4n) is 2.44. The van der Waals surface area contributed by atoms with Crippen LogP contribution in [0.4, 0.5) is 0 Å². The van der Waals surface area contributed by atoms with Gasteiger partial charge in [-0.25, -0.2) is 9.78 Å². The molecule has 1 aromatic heterocycles. The van der Waals surface area contributed by atoms with Gasteiger partial charge in [0.15, 0.2) is 6.61 Å². The van der Waals surface area contributed by atoms with Crippen LogP contribution in [0.1, 0.15) is 53.0 Å². The highest BCUT2D eigenvalue weighted by Crippen LogP contribution is 2.26. The van der Waals surface area contributed by atoms with Crippen molar-refractivity contribution in [3.8, 4) is 5.75 Å². The highest BCUT2D eigenvalue weighted by atomic mass is 32.1. The number of carboxylic acid groups (broad SMARTS) is 1. The Morgan fingerprint density at radius 2 is 1.85 bits per heavy atom. The molecule has 0 radical (unpaired) electrons. The SMILES string of the molecule is Cc1cc(C(=O)NCc2nc(C(C)(C)C)cs2)cc(C)c1OCC(=O)O. The quantitative estimate of drug-likeness (QED) is 0.806. The molecule has 0 bridgehead atoms. The number of thiazole rings is 1. The van der Waals surface area contributed by atoms with E-state index >= 15 is 0 Å². The molecule has 0 aliphatic carbocycles. The number of nitrogens with one attached hydrogen (secondary N) is 1. The van der Waals surface area contributed by atoms with Crippen LogP contribution in [0, 0.1) is 13.8 Å². The Balaban J connectivity index is 2.05. The van der Waals surface area contributed by atoms with E-state index in [2.05, 4.69) is 31.1 Å². The molecule has 2 N–H and O–H groups in total. The van der Waals surface area contributed by atoms with E-state index in [1.807, 2.05) is 5.38 Å². The van der Waals surface area contributed by atoms with Crippen molar-refractivity contribution >= 4 is 23.2 Å². The van der Waals surface area contributed by atoms with Crippen molar-refractivity contribution in [1.82, 2.24) is 10.3 Å². The molecule has 0 aliphatic rings. The van der Waals surface area contributed by atoms with E-state index in [9.17, 15) is 9.59 Å². The van der Waals surface area contributed by atoms with Crippen LogP contribution < -0.4 is 10.1 Å². The standard InChI is InChI=1S/C19H24N2O4S/c1-11-6-13(7-12(2)17(11)25-9-16(22)23)18(24)20-8-15-21-14(10-26-15)19(3,4)5/h6-7,10H,8-9H2,1-5H3,(H,20,24)(H,22,23). The number of carbonyl (C=O) groups is 2. The number of aliphatic carboxylic acids is 1. The first-order valence-electron chi connectivity index (χ1n) is 8.27. The van der Waals surface area contributed by atoms with Gasteiger partial charge in [-0.3, -0.25) is 4.79 Å². The number of nitrogens with zero attached hydrogens (tertiary/aromatic N) is 1. The molecule has 2 rings (SSSR count). The molecule has 140 valence electrons. The Labute approximate surface area is 157 Å². The summed E-state index contributed by atoms with van der Waals surface area (Å²) >= 11 is 1.53. The van der Waals surface area contributed by atoms with Gasteiger partial charge >= 0.3 is 5.97 Å². The lowest BCUT2D eigenvalue weighted by molar-refractivity contribution is -0.139. The molecular weight excluding hydrogens is 352 g/mol. The molecule has 0 fully saturated rings. The predicted octanol–water partition coefficient (Wildman–Crippen LogP) is 3.45. The number of aryl methyl sites for hydroxylation is 2. The van der Waals surface area contributed by atoms with Gasteiger partial charge in [-0.2, -0.15) is 0 Å². The Bertz CT molecular complexity index is 798. The van der Waals surface area contributed by atoms with E-state index in [1.165, 1.54) is 11.3 Å². The van der Waals surface area contributed by atoms with Gasteiger partial charge in [0.05, 0.1) is 12.2 Å². The van der Waals surface area contributed by atoms with Crippen LogP contribution in [-0.4, -0.2) is 28.6 Å². The van der Waals surface area contributed by atoms with Gasteiger partial charge in [-0.1, -0.05) is 20.8 Å². The lowest BCUT2D eigenvalue weighted by atomic mass is 9.93. The van der Waals surface area contributed by atoms with Crippen molar-refractivity contribution < 1.29 is 19.4 Å². The zero-order valence-electron chi connectivity index (χ0n) is 15.7. The van der Waals surface area contributed by atoms with E-state index in [-0.39, 0.29) is 11.3 Å². The van der Waals surface area contributed by atoms with Gasteiger partial charge in [0.1, 0.15) is 10.8 Å². The first-order chi connectivity index (χ1) is 12.1. The van der Waals surface area contributed by atoms with Crippen molar-refractivity contribution in [2.24, 2.45) is 0 Å². The van der Waals surface area contributed by atoms with Crippen LogP contribution in [0.2, 0.25) is 0 Å². The molecule has 1 aromatic carbocycles. The molecular formula is C19H24N2O4S. The average molecular weight is 376 g/mol. The molecule has 2 aromatic rings. The van der Waals surface area contributed by atoms with Gasteiger partial charge in [0.2, 0.25) is 0 Å². The predicted molar refractivity (Wildman–Crippen MR) is 101 cm³/mol. The topological polar surface area (TPSA) is 88.5 Å². The van der Waals surface area contributed by atoms with Gasteiger partial charge in [0.25, 0.3) is 5.91 Å². The number of hydrogen-bond donors (Lipinski definition) is 2. The summed E-state index contributed by atoms with van der Waals surface area (Å²) in [5.74, 6) is -0.740. The van der Waals surface area contributed by atoms with Crippen molar-refractivity contribution in [3.63, 3.8) is 0 Å². The van der Waals surface area contributed by atoms with Crippen molar-refractivity contribution in [3.05, 3.63) is 44.9 Å². The number of benzene rings is 1. The molecule has 0 spiro atoms.